The number of Topliss-reactive ketones (excluding diaryl/α,β-unsaturated/α-hetero) is 1. The number of carbonyl (C=O) groups excluding carboxylic acids is 4. The van der Waals surface area contributed by atoms with Gasteiger partial charge in [0.15, 0.2) is 11.7 Å². The molecule has 0 aromatic heterocycles. The molecule has 0 radical (unpaired) electrons. The largest absolute Gasteiger partial charge is 0.462 e. The van der Waals surface area contributed by atoms with Crippen LogP contribution in [0.4, 0.5) is 0 Å². The summed E-state index contributed by atoms with van der Waals surface area (Å²) >= 11 is 0. The van der Waals surface area contributed by atoms with Gasteiger partial charge >= 0.3 is 17.9 Å². The van der Waals surface area contributed by atoms with E-state index in [2.05, 4.69) is 20.8 Å². The topological polar surface area (TPSA) is 134 Å². The highest BCUT2D eigenvalue weighted by molar-refractivity contribution is 5.90. The van der Waals surface area contributed by atoms with Crippen molar-refractivity contribution < 1.29 is 47.6 Å². The highest BCUT2D eigenvalue weighted by Crippen LogP contribution is 2.83. The van der Waals surface area contributed by atoms with E-state index in [9.17, 15) is 19.2 Å². The zero-order chi connectivity index (χ0) is 27.4. The SMILES string of the molecule is CC(=O)CCOC(=O)C1=C(COC(C)=O)[C@@H]2C[C@@H]3O[C@@]34[C@H](OC(C)=O)[C@@]3(C(C)C)O[C@H]3[C@@H]3O[C@@]34[C@@]2(C)CC1. The molecular weight excluding hydrogens is 496 g/mol. The summed E-state index contributed by atoms with van der Waals surface area (Å²) in [7, 11) is 0. The van der Waals surface area contributed by atoms with Gasteiger partial charge in [-0.25, -0.2) is 4.79 Å². The van der Waals surface area contributed by atoms with E-state index >= 15 is 0 Å². The second-order valence-electron chi connectivity index (χ2n) is 12.3. The molecule has 208 valence electrons. The van der Waals surface area contributed by atoms with Gasteiger partial charge in [-0.05, 0) is 43.6 Å². The van der Waals surface area contributed by atoms with E-state index in [4.69, 9.17) is 28.4 Å². The van der Waals surface area contributed by atoms with Crippen molar-refractivity contribution in [2.75, 3.05) is 13.2 Å². The van der Waals surface area contributed by atoms with Crippen LogP contribution in [0.25, 0.3) is 0 Å². The lowest BCUT2D eigenvalue weighted by Gasteiger charge is -2.54. The normalized spacial score (nSPS) is 45.0. The van der Waals surface area contributed by atoms with Crippen LogP contribution in [-0.2, 0) is 47.6 Å². The molecule has 3 aliphatic heterocycles. The molecule has 10 nitrogen and oxygen atoms in total. The molecule has 0 aromatic rings. The van der Waals surface area contributed by atoms with Crippen molar-refractivity contribution in [1.29, 1.82) is 0 Å². The average molecular weight is 533 g/mol. The molecule has 38 heavy (non-hydrogen) atoms. The number of esters is 3. The van der Waals surface area contributed by atoms with E-state index in [0.717, 1.165) is 5.57 Å². The van der Waals surface area contributed by atoms with Gasteiger partial charge in [0.1, 0.15) is 35.8 Å². The number of hydrogen-bond donors (Lipinski definition) is 0. The molecule has 6 aliphatic rings. The maximum absolute atomic E-state index is 13.2. The standard InChI is InChI=1S/C28H36O10/c1-13(2)26-21(37-26)22-28(38-22)25(6)9-7-17(23(32)33-10-8-14(3)29)18(12-34-15(4)30)19(25)11-20-27(28,36-20)24(26)35-16(5)31/h13,19-22,24H,7-12H2,1-6H3/t19-,20-,21-,22-,24+,25-,26-,27+,28+/m0/s1. The number of rotatable bonds is 8. The maximum Gasteiger partial charge on any atom is 0.334 e. The van der Waals surface area contributed by atoms with Gasteiger partial charge in [0.05, 0.1) is 12.7 Å². The predicted octanol–water partition coefficient (Wildman–Crippen LogP) is 2.20. The second kappa shape index (κ2) is 8.11. The third-order valence-electron chi connectivity index (χ3n) is 10.1. The maximum atomic E-state index is 13.2. The van der Waals surface area contributed by atoms with Crippen molar-refractivity contribution in [3.63, 3.8) is 0 Å². The van der Waals surface area contributed by atoms with E-state index in [0.29, 0.717) is 24.8 Å². The summed E-state index contributed by atoms with van der Waals surface area (Å²) in [5, 5.41) is 0. The average Bonchev–Trinajstić information content (AvgIpc) is 3.70. The van der Waals surface area contributed by atoms with Crippen molar-refractivity contribution in [2.24, 2.45) is 17.3 Å². The van der Waals surface area contributed by atoms with Crippen LogP contribution in [0.5, 0.6) is 0 Å². The zero-order valence-corrected chi connectivity index (χ0v) is 22.8. The lowest BCUT2D eigenvalue weighted by Crippen LogP contribution is -2.70. The molecule has 10 heteroatoms. The fraction of sp³-hybridized carbons (Fsp3) is 0.786. The first-order valence-corrected chi connectivity index (χ1v) is 13.6. The van der Waals surface area contributed by atoms with Crippen molar-refractivity contribution >= 4 is 23.7 Å². The van der Waals surface area contributed by atoms with Gasteiger partial charge in [0, 0.05) is 31.3 Å². The van der Waals surface area contributed by atoms with Crippen LogP contribution in [0, 0.1) is 17.3 Å². The molecule has 5 fully saturated rings. The van der Waals surface area contributed by atoms with Gasteiger partial charge in [0.25, 0.3) is 0 Å². The highest BCUT2D eigenvalue weighted by Gasteiger charge is 3.01. The summed E-state index contributed by atoms with van der Waals surface area (Å²) in [5.74, 6) is -1.47. The minimum atomic E-state index is -0.822. The van der Waals surface area contributed by atoms with Crippen LogP contribution in [0.3, 0.4) is 0 Å². The van der Waals surface area contributed by atoms with Gasteiger partial charge in [-0.2, -0.15) is 0 Å². The molecular formula is C28H36O10. The number of hydrogen-bond acceptors (Lipinski definition) is 10. The van der Waals surface area contributed by atoms with Crippen molar-refractivity contribution in [2.45, 2.75) is 108 Å². The summed E-state index contributed by atoms with van der Waals surface area (Å²) in [5.41, 5.74) is -1.50. The monoisotopic (exact) mass is 532 g/mol. The predicted molar refractivity (Wildman–Crippen MR) is 129 cm³/mol. The quantitative estimate of drug-likeness (QED) is 0.260. The number of ketones is 1. The van der Waals surface area contributed by atoms with Crippen LogP contribution in [0.2, 0.25) is 0 Å². The van der Waals surface area contributed by atoms with Crippen LogP contribution in [0.15, 0.2) is 11.1 Å². The summed E-state index contributed by atoms with van der Waals surface area (Å²) in [6.45, 7) is 10.5. The van der Waals surface area contributed by atoms with Gasteiger partial charge in [-0.1, -0.05) is 20.8 Å². The van der Waals surface area contributed by atoms with Gasteiger partial charge in [-0.15, -0.1) is 0 Å². The molecule has 0 bridgehead atoms. The van der Waals surface area contributed by atoms with Crippen LogP contribution in [-0.4, -0.2) is 78.1 Å². The molecule has 0 amide bonds. The first-order valence-electron chi connectivity index (χ1n) is 13.6. The Kier molecular flexibility index (Phi) is 5.54. The third kappa shape index (κ3) is 3.11. The third-order valence-corrected chi connectivity index (χ3v) is 10.1. The smallest absolute Gasteiger partial charge is 0.334 e. The Labute approximate surface area is 221 Å². The fourth-order valence-corrected chi connectivity index (χ4v) is 8.33. The number of epoxide rings is 3. The van der Waals surface area contributed by atoms with Crippen LogP contribution < -0.4 is 0 Å². The molecule has 0 aromatic carbocycles. The van der Waals surface area contributed by atoms with E-state index in [1.807, 2.05) is 0 Å². The minimum Gasteiger partial charge on any atom is -0.462 e. The van der Waals surface area contributed by atoms with E-state index in [1.54, 1.807) is 0 Å². The second-order valence-corrected chi connectivity index (χ2v) is 12.3. The summed E-state index contributed by atoms with van der Waals surface area (Å²) in [6, 6.07) is 0. The molecule has 3 heterocycles. The van der Waals surface area contributed by atoms with Gasteiger partial charge < -0.3 is 28.4 Å². The van der Waals surface area contributed by atoms with Gasteiger partial charge in [0.2, 0.25) is 0 Å². The van der Waals surface area contributed by atoms with E-state index < -0.39 is 40.3 Å². The minimum absolute atomic E-state index is 0.00475. The Balaban J connectivity index is 1.38. The Morgan fingerprint density at radius 3 is 2.37 bits per heavy atom. The summed E-state index contributed by atoms with van der Waals surface area (Å²) < 4.78 is 36.5. The molecule has 9 atom stereocenters. The lowest BCUT2D eigenvalue weighted by atomic mass is 9.46. The first kappa shape index (κ1) is 26.0. The summed E-state index contributed by atoms with van der Waals surface area (Å²) in [6.07, 6.45) is 0.430. The first-order chi connectivity index (χ1) is 17.9. The molecule has 3 aliphatic carbocycles. The zero-order valence-electron chi connectivity index (χ0n) is 22.8. The Hall–Kier alpha value is -2.30. The molecule has 0 N–H and O–H groups in total. The summed E-state index contributed by atoms with van der Waals surface area (Å²) in [4.78, 5) is 48.6. The Bertz CT molecular complexity index is 1160. The number of fused-ring (bicyclic) bond motifs is 3. The highest BCUT2D eigenvalue weighted by atomic mass is 16.8. The van der Waals surface area contributed by atoms with Crippen LogP contribution >= 0.6 is 0 Å². The van der Waals surface area contributed by atoms with Crippen molar-refractivity contribution in [1.82, 2.24) is 0 Å². The number of carbonyl (C=O) groups is 4. The number of ether oxygens (including phenoxy) is 6. The molecule has 2 spiro atoms. The van der Waals surface area contributed by atoms with Crippen molar-refractivity contribution in [3.8, 4) is 0 Å². The molecule has 6 rings (SSSR count). The molecule has 0 unspecified atom stereocenters. The van der Waals surface area contributed by atoms with E-state index in [1.165, 1.54) is 20.8 Å². The van der Waals surface area contributed by atoms with Gasteiger partial charge in [-0.3, -0.25) is 14.4 Å². The lowest BCUT2D eigenvalue weighted by molar-refractivity contribution is -0.167. The fourth-order valence-electron chi connectivity index (χ4n) is 8.33. The Morgan fingerprint density at radius 1 is 1.00 bits per heavy atom. The van der Waals surface area contributed by atoms with Crippen molar-refractivity contribution in [3.05, 3.63) is 11.1 Å². The Morgan fingerprint density at radius 2 is 1.74 bits per heavy atom. The van der Waals surface area contributed by atoms with Crippen LogP contribution in [0.1, 0.15) is 67.2 Å². The molecule has 3 saturated heterocycles. The van der Waals surface area contributed by atoms with E-state index in [-0.39, 0.29) is 61.5 Å². The molecule has 2 saturated carbocycles.